The SMILES string of the molecule is Cc1cc(Cl)ccc1OCC(=O)Nc1sc2c(c1C(=O)OC(C)C)CCCCC2. The van der Waals surface area contributed by atoms with E-state index >= 15 is 0 Å². The van der Waals surface area contributed by atoms with Gasteiger partial charge < -0.3 is 14.8 Å². The summed E-state index contributed by atoms with van der Waals surface area (Å²) in [6.45, 7) is 5.37. The molecule has 0 saturated carbocycles. The zero-order valence-corrected chi connectivity index (χ0v) is 18.5. The van der Waals surface area contributed by atoms with Crippen LogP contribution in [0, 0.1) is 6.92 Å². The summed E-state index contributed by atoms with van der Waals surface area (Å²) in [6, 6.07) is 5.24. The average molecular weight is 436 g/mol. The average Bonchev–Trinajstić information content (AvgIpc) is 2.81. The number of thiophene rings is 1. The Morgan fingerprint density at radius 2 is 1.97 bits per heavy atom. The Labute approximate surface area is 180 Å². The van der Waals surface area contributed by atoms with Crippen LogP contribution in [0.1, 0.15) is 59.5 Å². The van der Waals surface area contributed by atoms with E-state index in [9.17, 15) is 9.59 Å². The van der Waals surface area contributed by atoms with Gasteiger partial charge in [-0.05, 0) is 75.8 Å². The van der Waals surface area contributed by atoms with Gasteiger partial charge in [-0.25, -0.2) is 4.79 Å². The van der Waals surface area contributed by atoms with Crippen LogP contribution in [0.4, 0.5) is 5.00 Å². The van der Waals surface area contributed by atoms with E-state index in [-0.39, 0.29) is 24.6 Å². The predicted octanol–water partition coefficient (Wildman–Crippen LogP) is 5.56. The van der Waals surface area contributed by atoms with Gasteiger partial charge in [-0.15, -0.1) is 11.3 Å². The van der Waals surface area contributed by atoms with Crippen molar-refractivity contribution in [2.24, 2.45) is 0 Å². The van der Waals surface area contributed by atoms with Crippen molar-refractivity contribution in [2.45, 2.75) is 59.0 Å². The summed E-state index contributed by atoms with van der Waals surface area (Å²) in [4.78, 5) is 26.5. The van der Waals surface area contributed by atoms with E-state index in [1.54, 1.807) is 18.2 Å². The topological polar surface area (TPSA) is 64.6 Å². The molecule has 0 radical (unpaired) electrons. The van der Waals surface area contributed by atoms with Crippen molar-refractivity contribution in [1.29, 1.82) is 0 Å². The molecule has 1 aliphatic carbocycles. The van der Waals surface area contributed by atoms with Crippen LogP contribution >= 0.6 is 22.9 Å². The maximum atomic E-state index is 12.7. The predicted molar refractivity (Wildman–Crippen MR) is 116 cm³/mol. The number of hydrogen-bond acceptors (Lipinski definition) is 5. The fourth-order valence-electron chi connectivity index (χ4n) is 3.40. The number of anilines is 1. The molecule has 1 N–H and O–H groups in total. The van der Waals surface area contributed by atoms with Crippen molar-refractivity contribution >= 4 is 39.8 Å². The van der Waals surface area contributed by atoms with Crippen LogP contribution in [-0.2, 0) is 22.4 Å². The number of ether oxygens (including phenoxy) is 2. The first-order valence-corrected chi connectivity index (χ1v) is 11.1. The van der Waals surface area contributed by atoms with Crippen molar-refractivity contribution in [3.05, 3.63) is 44.8 Å². The van der Waals surface area contributed by atoms with Gasteiger partial charge in [0.15, 0.2) is 6.61 Å². The first-order valence-electron chi connectivity index (χ1n) is 9.89. The third-order valence-electron chi connectivity index (χ3n) is 4.72. The minimum atomic E-state index is -0.371. The van der Waals surface area contributed by atoms with Crippen LogP contribution in [0.25, 0.3) is 0 Å². The van der Waals surface area contributed by atoms with Gasteiger partial charge in [0.1, 0.15) is 10.8 Å². The molecule has 5 nitrogen and oxygen atoms in total. The normalized spacial score (nSPS) is 13.6. The molecule has 29 heavy (non-hydrogen) atoms. The maximum Gasteiger partial charge on any atom is 0.341 e. The lowest BCUT2D eigenvalue weighted by atomic mass is 10.1. The summed E-state index contributed by atoms with van der Waals surface area (Å²) in [6.07, 6.45) is 4.83. The molecule has 0 fully saturated rings. The Morgan fingerprint density at radius 1 is 1.21 bits per heavy atom. The molecular weight excluding hydrogens is 410 g/mol. The molecule has 1 heterocycles. The summed E-state index contributed by atoms with van der Waals surface area (Å²) in [5.41, 5.74) is 2.40. The lowest BCUT2D eigenvalue weighted by Gasteiger charge is -2.12. The summed E-state index contributed by atoms with van der Waals surface area (Å²) >= 11 is 7.43. The number of halogens is 1. The molecule has 0 spiro atoms. The summed E-state index contributed by atoms with van der Waals surface area (Å²) < 4.78 is 11.1. The van der Waals surface area contributed by atoms with Crippen LogP contribution in [0.2, 0.25) is 5.02 Å². The number of amides is 1. The standard InChI is InChI=1S/C22H26ClNO4S/c1-13(2)28-22(26)20-16-7-5-4-6-8-18(16)29-21(20)24-19(25)12-27-17-10-9-15(23)11-14(17)3/h9-11,13H,4-8,12H2,1-3H3,(H,24,25). The van der Waals surface area contributed by atoms with Crippen molar-refractivity contribution in [3.8, 4) is 5.75 Å². The number of carbonyl (C=O) groups is 2. The van der Waals surface area contributed by atoms with Crippen molar-refractivity contribution in [2.75, 3.05) is 11.9 Å². The molecule has 1 aliphatic rings. The number of nitrogens with one attached hydrogen (secondary N) is 1. The van der Waals surface area contributed by atoms with E-state index < -0.39 is 0 Å². The number of aryl methyl sites for hydroxylation is 2. The van der Waals surface area contributed by atoms with Gasteiger partial charge in [-0.1, -0.05) is 18.0 Å². The third-order valence-corrected chi connectivity index (χ3v) is 6.16. The second-order valence-corrected chi connectivity index (χ2v) is 9.01. The van der Waals surface area contributed by atoms with Gasteiger partial charge in [0.05, 0.1) is 11.7 Å². The van der Waals surface area contributed by atoms with E-state index in [0.717, 1.165) is 43.2 Å². The minimum absolute atomic E-state index is 0.149. The second kappa shape index (κ2) is 9.63. The highest BCUT2D eigenvalue weighted by Gasteiger charge is 2.27. The van der Waals surface area contributed by atoms with Gasteiger partial charge in [-0.2, -0.15) is 0 Å². The highest BCUT2D eigenvalue weighted by atomic mass is 35.5. The monoisotopic (exact) mass is 435 g/mol. The summed E-state index contributed by atoms with van der Waals surface area (Å²) in [7, 11) is 0. The van der Waals surface area contributed by atoms with Gasteiger partial charge in [0.25, 0.3) is 5.91 Å². The fraction of sp³-hybridized carbons (Fsp3) is 0.455. The molecule has 1 aromatic carbocycles. The quantitative estimate of drug-likeness (QED) is 0.476. The van der Waals surface area contributed by atoms with Gasteiger partial charge in [0.2, 0.25) is 0 Å². The van der Waals surface area contributed by atoms with Gasteiger partial charge in [0, 0.05) is 9.90 Å². The molecule has 1 aromatic heterocycles. The molecule has 2 aromatic rings. The molecule has 0 unspecified atom stereocenters. The summed E-state index contributed by atoms with van der Waals surface area (Å²) in [5, 5.41) is 4.05. The number of carbonyl (C=O) groups excluding carboxylic acids is 2. The zero-order chi connectivity index (χ0) is 21.0. The molecule has 1 amide bonds. The Hall–Kier alpha value is -2.05. The number of fused-ring (bicyclic) bond motifs is 1. The van der Waals surface area contributed by atoms with Crippen LogP contribution in [0.15, 0.2) is 18.2 Å². The Morgan fingerprint density at radius 3 is 2.69 bits per heavy atom. The molecule has 3 rings (SSSR count). The molecule has 0 aliphatic heterocycles. The summed E-state index contributed by atoms with van der Waals surface area (Å²) in [5.74, 6) is -0.0792. The molecule has 156 valence electrons. The van der Waals surface area contributed by atoms with Crippen molar-refractivity contribution in [3.63, 3.8) is 0 Å². The lowest BCUT2D eigenvalue weighted by molar-refractivity contribution is -0.118. The van der Waals surface area contributed by atoms with Crippen LogP contribution in [-0.4, -0.2) is 24.6 Å². The van der Waals surface area contributed by atoms with E-state index in [1.165, 1.54) is 16.2 Å². The van der Waals surface area contributed by atoms with Crippen LogP contribution in [0.3, 0.4) is 0 Å². The van der Waals surface area contributed by atoms with Gasteiger partial charge in [-0.3, -0.25) is 4.79 Å². The number of rotatable bonds is 6. The maximum absolute atomic E-state index is 12.7. The smallest absolute Gasteiger partial charge is 0.341 e. The van der Waals surface area contributed by atoms with E-state index in [2.05, 4.69) is 5.32 Å². The van der Waals surface area contributed by atoms with E-state index in [4.69, 9.17) is 21.1 Å². The lowest BCUT2D eigenvalue weighted by Crippen LogP contribution is -2.22. The van der Waals surface area contributed by atoms with Crippen LogP contribution in [0.5, 0.6) is 5.75 Å². The van der Waals surface area contributed by atoms with Crippen LogP contribution < -0.4 is 10.1 Å². The van der Waals surface area contributed by atoms with Crippen molar-refractivity contribution < 1.29 is 19.1 Å². The van der Waals surface area contributed by atoms with Crippen molar-refractivity contribution in [1.82, 2.24) is 0 Å². The van der Waals surface area contributed by atoms with E-state index in [0.29, 0.717) is 21.3 Å². The second-order valence-electron chi connectivity index (χ2n) is 7.47. The number of hydrogen-bond donors (Lipinski definition) is 1. The van der Waals surface area contributed by atoms with E-state index in [1.807, 2.05) is 20.8 Å². The third kappa shape index (κ3) is 5.52. The molecular formula is C22H26ClNO4S. The minimum Gasteiger partial charge on any atom is -0.483 e. The largest absolute Gasteiger partial charge is 0.483 e. The molecule has 0 saturated heterocycles. The first-order chi connectivity index (χ1) is 13.8. The highest BCUT2D eigenvalue weighted by Crippen LogP contribution is 2.38. The Balaban J connectivity index is 1.76. The Bertz CT molecular complexity index is 906. The molecule has 7 heteroatoms. The number of benzene rings is 1. The molecule has 0 bridgehead atoms. The highest BCUT2D eigenvalue weighted by molar-refractivity contribution is 7.17. The Kier molecular flexibility index (Phi) is 7.19. The van der Waals surface area contributed by atoms with Gasteiger partial charge >= 0.3 is 5.97 Å². The fourth-order valence-corrected chi connectivity index (χ4v) is 4.92. The first kappa shape index (κ1) is 21.7. The number of esters is 1. The zero-order valence-electron chi connectivity index (χ0n) is 17.0. The molecule has 0 atom stereocenters.